The highest BCUT2D eigenvalue weighted by Gasteiger charge is 2.31. The Morgan fingerprint density at radius 3 is 1.94 bits per heavy atom. The molecule has 3 heteroatoms. The van der Waals surface area contributed by atoms with E-state index in [2.05, 4.69) is 111 Å². The van der Waals surface area contributed by atoms with Crippen LogP contribution in [0.25, 0.3) is 39.2 Å². The molecule has 0 aliphatic rings. The lowest BCUT2D eigenvalue weighted by atomic mass is 9.92. The van der Waals surface area contributed by atoms with Gasteiger partial charge in [0.1, 0.15) is 11.5 Å². The number of halogens is 1. The lowest BCUT2D eigenvalue weighted by Crippen LogP contribution is -2.36. The van der Waals surface area contributed by atoms with Gasteiger partial charge >= 0.3 is 0 Å². The molecule has 0 aliphatic carbocycles. The summed E-state index contributed by atoms with van der Waals surface area (Å²) in [4.78, 5) is 0. The molecule has 182 valence electrons. The predicted molar refractivity (Wildman–Crippen MR) is 148 cm³/mol. The molecular weight excluding hydrogens is 443 g/mol. The monoisotopic (exact) mass is 477 g/mol. The molecule has 0 saturated carbocycles. The quantitative estimate of drug-likeness (QED) is 0.224. The number of aryl methyl sites for hydroxylation is 2. The normalized spacial score (nSPS) is 11.7. The van der Waals surface area contributed by atoms with Crippen LogP contribution in [0.3, 0.4) is 0 Å². The van der Waals surface area contributed by atoms with Crippen molar-refractivity contribution in [3.63, 3.8) is 0 Å². The minimum absolute atomic E-state index is 0.218. The van der Waals surface area contributed by atoms with E-state index in [-0.39, 0.29) is 5.82 Å². The van der Waals surface area contributed by atoms with Crippen molar-refractivity contribution >= 4 is 11.0 Å². The van der Waals surface area contributed by atoms with Crippen molar-refractivity contribution in [3.05, 3.63) is 107 Å². The fourth-order valence-corrected chi connectivity index (χ4v) is 5.30. The number of para-hydroxylation sites is 1. The number of rotatable bonds is 5. The summed E-state index contributed by atoms with van der Waals surface area (Å²) in [6.45, 7) is 11.3. The SMILES string of the molecule is Cc1ccccc1-c1n(C)c2cc(-c3ccc(F)cc3)ccc2[n+]1-c1c(C(C)C)cccc1C(C)C. The molecule has 5 rings (SSSR count). The van der Waals surface area contributed by atoms with E-state index in [0.717, 1.165) is 28.0 Å². The number of fused-ring (bicyclic) bond motifs is 1. The van der Waals surface area contributed by atoms with Gasteiger partial charge in [0.05, 0.1) is 12.6 Å². The molecule has 0 aliphatic heterocycles. The van der Waals surface area contributed by atoms with Crippen LogP contribution in [0.15, 0.2) is 84.9 Å². The largest absolute Gasteiger partial charge is 0.295 e. The lowest BCUT2D eigenvalue weighted by molar-refractivity contribution is -0.557. The molecule has 1 aromatic heterocycles. The molecule has 4 aromatic carbocycles. The van der Waals surface area contributed by atoms with Crippen LogP contribution in [-0.2, 0) is 7.05 Å². The molecule has 36 heavy (non-hydrogen) atoms. The van der Waals surface area contributed by atoms with Crippen molar-refractivity contribution in [2.75, 3.05) is 0 Å². The number of hydrogen-bond acceptors (Lipinski definition) is 0. The van der Waals surface area contributed by atoms with Gasteiger partial charge in [0.15, 0.2) is 11.0 Å². The fraction of sp³-hybridized carbons (Fsp3) is 0.242. The van der Waals surface area contributed by atoms with Gasteiger partial charge in [0.2, 0.25) is 0 Å². The molecule has 0 fully saturated rings. The number of imidazole rings is 1. The summed E-state index contributed by atoms with van der Waals surface area (Å²) in [5.74, 6) is 1.70. The van der Waals surface area contributed by atoms with Crippen molar-refractivity contribution < 1.29 is 8.96 Å². The van der Waals surface area contributed by atoms with Gasteiger partial charge in [-0.3, -0.25) is 0 Å². The first kappa shape index (κ1) is 24.0. The van der Waals surface area contributed by atoms with E-state index >= 15 is 0 Å². The zero-order valence-corrected chi connectivity index (χ0v) is 22.0. The molecule has 0 N–H and O–H groups in total. The summed E-state index contributed by atoms with van der Waals surface area (Å²) in [5.41, 5.74) is 10.8. The van der Waals surface area contributed by atoms with E-state index in [4.69, 9.17) is 0 Å². The summed E-state index contributed by atoms with van der Waals surface area (Å²) in [6, 6.07) is 28.7. The van der Waals surface area contributed by atoms with Crippen LogP contribution in [0.2, 0.25) is 0 Å². The molecule has 0 amide bonds. The van der Waals surface area contributed by atoms with Crippen LogP contribution in [-0.4, -0.2) is 4.57 Å². The number of aromatic nitrogens is 2. The van der Waals surface area contributed by atoms with Crippen molar-refractivity contribution in [1.29, 1.82) is 0 Å². The Bertz CT molecular complexity index is 1530. The molecule has 1 heterocycles. The fourth-order valence-electron chi connectivity index (χ4n) is 5.30. The number of nitrogens with zero attached hydrogens (tertiary/aromatic N) is 2. The second-order valence-electron chi connectivity index (χ2n) is 10.3. The molecular formula is C33H34FN2+. The Balaban J connectivity index is 1.91. The van der Waals surface area contributed by atoms with Gasteiger partial charge in [0, 0.05) is 11.1 Å². The zero-order chi connectivity index (χ0) is 25.6. The highest BCUT2D eigenvalue weighted by atomic mass is 19.1. The van der Waals surface area contributed by atoms with E-state index < -0.39 is 0 Å². The van der Waals surface area contributed by atoms with Crippen LogP contribution >= 0.6 is 0 Å². The molecule has 0 bridgehead atoms. The summed E-state index contributed by atoms with van der Waals surface area (Å²) >= 11 is 0. The van der Waals surface area contributed by atoms with Crippen molar-refractivity contribution in [1.82, 2.24) is 4.57 Å². The second kappa shape index (κ2) is 9.39. The second-order valence-corrected chi connectivity index (χ2v) is 10.3. The third-order valence-electron chi connectivity index (χ3n) is 7.24. The van der Waals surface area contributed by atoms with Gasteiger partial charge in [-0.1, -0.05) is 76.2 Å². The maximum absolute atomic E-state index is 13.6. The van der Waals surface area contributed by atoms with Crippen LogP contribution in [0.1, 0.15) is 56.2 Å². The first-order valence-electron chi connectivity index (χ1n) is 12.8. The standard InChI is InChI=1S/C33H34FN2/c1-21(2)27-12-9-13-28(22(3)4)32(27)36-30-19-16-25(24-14-17-26(34)18-15-24)20-31(30)35(6)33(36)29-11-8-7-10-23(29)5/h7-22H,1-6H3/q+1. The van der Waals surface area contributed by atoms with E-state index in [1.54, 1.807) is 0 Å². The van der Waals surface area contributed by atoms with Crippen LogP contribution in [0.4, 0.5) is 4.39 Å². The van der Waals surface area contributed by atoms with Crippen molar-refractivity contribution in [2.45, 2.75) is 46.5 Å². The molecule has 0 radical (unpaired) electrons. The van der Waals surface area contributed by atoms with Gasteiger partial charge < -0.3 is 0 Å². The number of hydrogen-bond donors (Lipinski definition) is 0. The zero-order valence-electron chi connectivity index (χ0n) is 22.0. The van der Waals surface area contributed by atoms with Gasteiger partial charge in [0.25, 0.3) is 5.82 Å². The molecule has 0 spiro atoms. The third-order valence-corrected chi connectivity index (χ3v) is 7.24. The average Bonchev–Trinajstić information content (AvgIpc) is 3.15. The van der Waals surface area contributed by atoms with Crippen LogP contribution in [0.5, 0.6) is 0 Å². The van der Waals surface area contributed by atoms with E-state index in [9.17, 15) is 4.39 Å². The summed E-state index contributed by atoms with van der Waals surface area (Å²) in [5, 5.41) is 0. The Hall–Kier alpha value is -3.72. The number of benzene rings is 4. The van der Waals surface area contributed by atoms with Crippen molar-refractivity contribution in [3.8, 4) is 28.2 Å². The van der Waals surface area contributed by atoms with Gasteiger partial charge in [-0.05, 0) is 71.8 Å². The third kappa shape index (κ3) is 4.03. The first-order chi connectivity index (χ1) is 17.3. The van der Waals surface area contributed by atoms with Crippen LogP contribution < -0.4 is 4.57 Å². The highest BCUT2D eigenvalue weighted by Crippen LogP contribution is 2.34. The summed E-state index contributed by atoms with van der Waals surface area (Å²) in [7, 11) is 2.15. The molecule has 0 unspecified atom stereocenters. The van der Waals surface area contributed by atoms with E-state index in [0.29, 0.717) is 11.8 Å². The lowest BCUT2D eigenvalue weighted by Gasteiger charge is -2.18. The van der Waals surface area contributed by atoms with Gasteiger partial charge in [-0.2, -0.15) is 4.57 Å². The Labute approximate surface area is 213 Å². The minimum Gasteiger partial charge on any atom is -0.225 e. The van der Waals surface area contributed by atoms with Crippen LogP contribution in [0, 0.1) is 12.7 Å². The predicted octanol–water partition coefficient (Wildman–Crippen LogP) is 8.48. The molecule has 5 aromatic rings. The minimum atomic E-state index is -0.218. The van der Waals surface area contributed by atoms with Crippen molar-refractivity contribution in [2.24, 2.45) is 7.05 Å². The van der Waals surface area contributed by atoms with E-state index in [1.165, 1.54) is 40.1 Å². The summed E-state index contributed by atoms with van der Waals surface area (Å²) < 4.78 is 18.4. The Morgan fingerprint density at radius 2 is 1.33 bits per heavy atom. The molecule has 0 saturated heterocycles. The van der Waals surface area contributed by atoms with Gasteiger partial charge in [-0.25, -0.2) is 8.96 Å². The Kier molecular flexibility index (Phi) is 6.26. The molecule has 0 atom stereocenters. The molecule has 2 nitrogen and oxygen atoms in total. The maximum Gasteiger partial charge on any atom is 0.295 e. The van der Waals surface area contributed by atoms with E-state index in [1.807, 2.05) is 12.1 Å². The first-order valence-corrected chi connectivity index (χ1v) is 12.8. The topological polar surface area (TPSA) is 8.81 Å². The summed E-state index contributed by atoms with van der Waals surface area (Å²) in [6.07, 6.45) is 0. The Morgan fingerprint density at radius 1 is 0.722 bits per heavy atom. The smallest absolute Gasteiger partial charge is 0.225 e. The average molecular weight is 478 g/mol. The maximum atomic E-state index is 13.6. The highest BCUT2D eigenvalue weighted by molar-refractivity contribution is 5.83. The van der Waals surface area contributed by atoms with Gasteiger partial charge in [-0.15, -0.1) is 0 Å².